The molecule has 1 aliphatic rings. The van der Waals surface area contributed by atoms with Crippen LogP contribution in [0.3, 0.4) is 0 Å². The monoisotopic (exact) mass is 314 g/mol. The Kier molecular flexibility index (Phi) is 5.53. The van der Waals surface area contributed by atoms with Crippen molar-refractivity contribution in [1.82, 2.24) is 20.2 Å². The van der Waals surface area contributed by atoms with Crippen LogP contribution in [0.15, 0.2) is 4.79 Å². The van der Waals surface area contributed by atoms with Gasteiger partial charge in [0.2, 0.25) is 0 Å². The van der Waals surface area contributed by atoms with Crippen molar-refractivity contribution in [2.75, 3.05) is 26.2 Å². The standard InChI is InChI=1S/C14H22N4O2.ClH/c1-9-10(12(20)18-7-5-15-6-8-18)11(19)17-13(16-9)14(2,3)4;/h15H,5-8H2,1-4H3,(H,16,17,19);1H. The van der Waals surface area contributed by atoms with Crippen LogP contribution in [0.25, 0.3) is 0 Å². The van der Waals surface area contributed by atoms with Crippen molar-refractivity contribution in [2.24, 2.45) is 0 Å². The second-order valence-corrected chi connectivity index (χ2v) is 6.17. The molecule has 0 atom stereocenters. The maximum absolute atomic E-state index is 12.4. The van der Waals surface area contributed by atoms with Crippen LogP contribution in [0.2, 0.25) is 0 Å². The molecule has 2 rings (SSSR count). The molecule has 1 aliphatic heterocycles. The van der Waals surface area contributed by atoms with E-state index in [1.807, 2.05) is 20.8 Å². The van der Waals surface area contributed by atoms with Gasteiger partial charge in [0, 0.05) is 31.6 Å². The maximum atomic E-state index is 12.4. The van der Waals surface area contributed by atoms with Crippen LogP contribution in [0, 0.1) is 6.92 Å². The van der Waals surface area contributed by atoms with Crippen molar-refractivity contribution in [2.45, 2.75) is 33.1 Å². The van der Waals surface area contributed by atoms with Crippen molar-refractivity contribution >= 4 is 18.3 Å². The number of rotatable bonds is 1. The first-order chi connectivity index (χ1) is 9.30. The van der Waals surface area contributed by atoms with Crippen molar-refractivity contribution < 1.29 is 4.79 Å². The number of carbonyl (C=O) groups excluding carboxylic acids is 1. The Balaban J connectivity index is 0.00000220. The average molecular weight is 315 g/mol. The Bertz CT molecular complexity index is 571. The van der Waals surface area contributed by atoms with Gasteiger partial charge in [-0.1, -0.05) is 20.8 Å². The maximum Gasteiger partial charge on any atom is 0.264 e. The van der Waals surface area contributed by atoms with Gasteiger partial charge in [-0.25, -0.2) is 4.98 Å². The number of aromatic amines is 1. The Morgan fingerprint density at radius 1 is 1.24 bits per heavy atom. The van der Waals surface area contributed by atoms with Crippen molar-refractivity contribution in [3.05, 3.63) is 27.4 Å². The minimum Gasteiger partial charge on any atom is -0.336 e. The van der Waals surface area contributed by atoms with Gasteiger partial charge in [0.1, 0.15) is 11.4 Å². The summed E-state index contributed by atoms with van der Waals surface area (Å²) >= 11 is 0. The molecule has 0 radical (unpaired) electrons. The van der Waals surface area contributed by atoms with E-state index in [0.717, 1.165) is 13.1 Å². The van der Waals surface area contributed by atoms with Crippen LogP contribution in [-0.2, 0) is 5.41 Å². The highest BCUT2D eigenvalue weighted by atomic mass is 35.5. The van der Waals surface area contributed by atoms with Crippen LogP contribution < -0.4 is 10.9 Å². The lowest BCUT2D eigenvalue weighted by Crippen LogP contribution is -2.48. The summed E-state index contributed by atoms with van der Waals surface area (Å²) in [5, 5.41) is 3.18. The van der Waals surface area contributed by atoms with Gasteiger partial charge in [-0.2, -0.15) is 0 Å². The quantitative estimate of drug-likeness (QED) is 0.805. The van der Waals surface area contributed by atoms with Gasteiger partial charge in [-0.15, -0.1) is 12.4 Å². The molecule has 0 aromatic carbocycles. The minimum atomic E-state index is -0.342. The van der Waals surface area contributed by atoms with Crippen LogP contribution in [0.5, 0.6) is 0 Å². The van der Waals surface area contributed by atoms with E-state index in [1.54, 1.807) is 11.8 Å². The van der Waals surface area contributed by atoms with E-state index in [2.05, 4.69) is 15.3 Å². The highest BCUT2D eigenvalue weighted by Gasteiger charge is 2.25. The molecule has 0 saturated carbocycles. The second-order valence-electron chi connectivity index (χ2n) is 6.17. The summed E-state index contributed by atoms with van der Waals surface area (Å²) in [6, 6.07) is 0. The molecule has 0 spiro atoms. The lowest BCUT2D eigenvalue weighted by atomic mass is 9.95. The largest absolute Gasteiger partial charge is 0.336 e. The Morgan fingerprint density at radius 2 is 1.81 bits per heavy atom. The molecule has 118 valence electrons. The van der Waals surface area contributed by atoms with E-state index in [1.165, 1.54) is 0 Å². The van der Waals surface area contributed by atoms with Crippen molar-refractivity contribution in [3.63, 3.8) is 0 Å². The summed E-state index contributed by atoms with van der Waals surface area (Å²) in [4.78, 5) is 33.5. The number of hydrogen-bond acceptors (Lipinski definition) is 4. The number of carbonyl (C=O) groups is 1. The Hall–Kier alpha value is -1.40. The van der Waals surface area contributed by atoms with Crippen molar-refractivity contribution in [1.29, 1.82) is 0 Å². The topological polar surface area (TPSA) is 78.1 Å². The zero-order valence-electron chi connectivity index (χ0n) is 12.9. The lowest BCUT2D eigenvalue weighted by molar-refractivity contribution is 0.0732. The summed E-state index contributed by atoms with van der Waals surface area (Å²) in [5.74, 6) is 0.384. The summed E-state index contributed by atoms with van der Waals surface area (Å²) < 4.78 is 0. The van der Waals surface area contributed by atoms with Crippen LogP contribution >= 0.6 is 12.4 Å². The molecule has 1 aromatic rings. The molecule has 2 heterocycles. The molecule has 2 N–H and O–H groups in total. The Labute approximate surface area is 130 Å². The summed E-state index contributed by atoms with van der Waals surface area (Å²) in [6.45, 7) is 10.4. The number of hydrogen-bond donors (Lipinski definition) is 2. The van der Waals surface area contributed by atoms with Gasteiger partial charge < -0.3 is 15.2 Å². The molecule has 1 amide bonds. The van der Waals surface area contributed by atoms with E-state index in [-0.39, 0.29) is 34.9 Å². The third-order valence-corrected chi connectivity index (χ3v) is 3.43. The number of nitrogens with zero attached hydrogens (tertiary/aromatic N) is 2. The highest BCUT2D eigenvalue weighted by molar-refractivity contribution is 5.94. The molecule has 21 heavy (non-hydrogen) atoms. The number of halogens is 1. The summed E-state index contributed by atoms with van der Waals surface area (Å²) in [7, 11) is 0. The molecule has 1 aromatic heterocycles. The lowest BCUT2D eigenvalue weighted by Gasteiger charge is -2.27. The molecule has 0 bridgehead atoms. The van der Waals surface area contributed by atoms with E-state index in [9.17, 15) is 9.59 Å². The van der Waals surface area contributed by atoms with Gasteiger partial charge >= 0.3 is 0 Å². The van der Waals surface area contributed by atoms with E-state index in [4.69, 9.17) is 0 Å². The van der Waals surface area contributed by atoms with Crippen LogP contribution in [0.1, 0.15) is 42.6 Å². The highest BCUT2D eigenvalue weighted by Crippen LogP contribution is 2.17. The fourth-order valence-corrected chi connectivity index (χ4v) is 2.22. The molecule has 6 nitrogen and oxygen atoms in total. The predicted molar refractivity (Wildman–Crippen MR) is 84.3 cm³/mol. The molecule has 0 aliphatic carbocycles. The third-order valence-electron chi connectivity index (χ3n) is 3.43. The van der Waals surface area contributed by atoms with E-state index < -0.39 is 0 Å². The first-order valence-corrected chi connectivity index (χ1v) is 6.92. The zero-order chi connectivity index (χ0) is 14.9. The van der Waals surface area contributed by atoms with Gasteiger partial charge in [0.15, 0.2) is 0 Å². The summed E-state index contributed by atoms with van der Waals surface area (Å²) in [6.07, 6.45) is 0. The molecular formula is C14H23ClN4O2. The normalized spacial score (nSPS) is 15.5. The predicted octanol–water partition coefficient (Wildman–Crippen LogP) is 0.843. The van der Waals surface area contributed by atoms with Gasteiger partial charge in [-0.05, 0) is 6.92 Å². The first kappa shape index (κ1) is 17.7. The fraction of sp³-hybridized carbons (Fsp3) is 0.643. The SMILES string of the molecule is Cc1nc(C(C)(C)C)[nH]c(=O)c1C(=O)N1CCNCC1.Cl. The van der Waals surface area contributed by atoms with Gasteiger partial charge in [-0.3, -0.25) is 9.59 Å². The Morgan fingerprint density at radius 3 is 2.29 bits per heavy atom. The molecule has 1 saturated heterocycles. The number of amides is 1. The second kappa shape index (κ2) is 6.58. The number of aryl methyl sites for hydroxylation is 1. The summed E-state index contributed by atoms with van der Waals surface area (Å²) in [5.41, 5.74) is 0.0774. The van der Waals surface area contributed by atoms with E-state index >= 15 is 0 Å². The van der Waals surface area contributed by atoms with Crippen molar-refractivity contribution in [3.8, 4) is 0 Å². The smallest absolute Gasteiger partial charge is 0.264 e. The number of H-pyrrole nitrogens is 1. The van der Waals surface area contributed by atoms with Gasteiger partial charge in [0.05, 0.1) is 5.69 Å². The zero-order valence-corrected chi connectivity index (χ0v) is 13.8. The average Bonchev–Trinajstić information content (AvgIpc) is 2.37. The van der Waals surface area contributed by atoms with Crippen LogP contribution in [0.4, 0.5) is 0 Å². The minimum absolute atomic E-state index is 0. The van der Waals surface area contributed by atoms with E-state index in [0.29, 0.717) is 24.6 Å². The van der Waals surface area contributed by atoms with Crippen LogP contribution in [-0.4, -0.2) is 47.0 Å². The fourth-order valence-electron chi connectivity index (χ4n) is 2.22. The number of aromatic nitrogens is 2. The first-order valence-electron chi connectivity index (χ1n) is 6.92. The number of nitrogens with one attached hydrogen (secondary N) is 2. The van der Waals surface area contributed by atoms with Gasteiger partial charge in [0.25, 0.3) is 11.5 Å². The molecule has 1 fully saturated rings. The third kappa shape index (κ3) is 3.83. The molecule has 0 unspecified atom stereocenters. The molecular weight excluding hydrogens is 292 g/mol. The molecule has 7 heteroatoms. The number of piperazine rings is 1.